The van der Waals surface area contributed by atoms with E-state index in [2.05, 4.69) is 22.3 Å². The van der Waals surface area contributed by atoms with Gasteiger partial charge in [-0.05, 0) is 11.6 Å². The summed E-state index contributed by atoms with van der Waals surface area (Å²) in [5.41, 5.74) is 5.16. The minimum atomic E-state index is -0.326. The highest BCUT2D eigenvalue weighted by Crippen LogP contribution is 2.36. The van der Waals surface area contributed by atoms with E-state index < -0.39 is 0 Å². The highest BCUT2D eigenvalue weighted by atomic mass is 16.7. The van der Waals surface area contributed by atoms with Crippen molar-refractivity contribution >= 4 is 11.5 Å². The maximum absolute atomic E-state index is 11.5. The first-order valence-corrected chi connectivity index (χ1v) is 5.06. The van der Waals surface area contributed by atoms with Crippen molar-refractivity contribution in [3.8, 4) is 16.9 Å². The minimum Gasteiger partial charge on any atom is -0.379 e. The lowest BCUT2D eigenvalue weighted by atomic mass is 9.95. The van der Waals surface area contributed by atoms with Gasteiger partial charge in [0.05, 0.1) is 6.20 Å². The molecule has 5 heteroatoms. The summed E-state index contributed by atoms with van der Waals surface area (Å²) in [6.45, 7) is 3.78. The predicted octanol–water partition coefficient (Wildman–Crippen LogP) is 1.51. The average Bonchev–Trinajstić information content (AvgIpc) is 2.87. The Kier molecular flexibility index (Phi) is 1.98. The third kappa shape index (κ3) is 1.40. The molecule has 1 aromatic carbocycles. The van der Waals surface area contributed by atoms with Crippen molar-refractivity contribution in [2.45, 2.75) is 0 Å². The van der Waals surface area contributed by atoms with Gasteiger partial charge in [-0.3, -0.25) is 9.89 Å². The number of benzene rings is 1. The molecule has 1 aliphatic heterocycles. The number of H-pyrrole nitrogens is 1. The van der Waals surface area contributed by atoms with Crippen LogP contribution < -0.4 is 10.3 Å². The normalized spacial score (nSPS) is 13.9. The van der Waals surface area contributed by atoms with Crippen LogP contribution in [0.15, 0.2) is 37.2 Å². The molecule has 0 fully saturated rings. The number of nitrogens with one attached hydrogen (secondary N) is 2. The summed E-state index contributed by atoms with van der Waals surface area (Å²) in [5, 5.41) is 6.64. The fraction of sp³-hybridized carbons (Fsp3) is 0. The van der Waals surface area contributed by atoms with Gasteiger partial charge in [0, 0.05) is 22.9 Å². The smallest absolute Gasteiger partial charge is 0.284 e. The van der Waals surface area contributed by atoms with E-state index >= 15 is 0 Å². The Balaban J connectivity index is 2.25. The Labute approximate surface area is 97.1 Å². The molecule has 84 valence electrons. The van der Waals surface area contributed by atoms with Gasteiger partial charge >= 0.3 is 0 Å². The van der Waals surface area contributed by atoms with Gasteiger partial charge in [-0.15, -0.1) is 0 Å². The maximum Gasteiger partial charge on any atom is 0.284 e. The van der Waals surface area contributed by atoms with E-state index in [1.807, 2.05) is 12.1 Å². The summed E-state index contributed by atoms with van der Waals surface area (Å²) in [4.78, 5) is 16.7. The number of rotatable bonds is 1. The highest BCUT2D eigenvalue weighted by Gasteiger charge is 2.24. The summed E-state index contributed by atoms with van der Waals surface area (Å²) in [5.74, 6) is 0.266. The molecule has 0 saturated heterocycles. The van der Waals surface area contributed by atoms with Crippen LogP contribution in [0.25, 0.3) is 16.7 Å². The standard InChI is InChI=1S/C12H9N3O2/c1-7-11-9(8-5-13-14-6-8)3-2-4-10(11)17-15-12(7)16/h2-6H,1H2,(H,13,14)(H,15,16). The number of hydrogen-bond acceptors (Lipinski definition) is 3. The molecule has 2 N–H and O–H groups in total. The number of hydroxylamine groups is 1. The fourth-order valence-corrected chi connectivity index (χ4v) is 1.84. The van der Waals surface area contributed by atoms with Gasteiger partial charge in [-0.1, -0.05) is 18.7 Å². The zero-order valence-corrected chi connectivity index (χ0v) is 8.86. The van der Waals surface area contributed by atoms with Crippen molar-refractivity contribution in [1.82, 2.24) is 15.7 Å². The van der Waals surface area contributed by atoms with Gasteiger partial charge in [0.1, 0.15) is 0 Å². The molecule has 2 aromatic rings. The lowest BCUT2D eigenvalue weighted by Crippen LogP contribution is -2.32. The Morgan fingerprint density at radius 1 is 1.35 bits per heavy atom. The molecule has 0 aliphatic carbocycles. The average molecular weight is 227 g/mol. The molecule has 1 amide bonds. The molecule has 1 aliphatic rings. The number of carbonyl (C=O) groups excluding carboxylic acids is 1. The van der Waals surface area contributed by atoms with Gasteiger partial charge in [0.2, 0.25) is 0 Å². The van der Waals surface area contributed by atoms with Crippen molar-refractivity contribution < 1.29 is 9.63 Å². The second-order valence-electron chi connectivity index (χ2n) is 3.68. The summed E-state index contributed by atoms with van der Waals surface area (Å²) in [6, 6.07) is 5.53. The molecule has 0 radical (unpaired) electrons. The largest absolute Gasteiger partial charge is 0.379 e. The second kappa shape index (κ2) is 3.48. The van der Waals surface area contributed by atoms with E-state index in [0.29, 0.717) is 16.9 Å². The van der Waals surface area contributed by atoms with Crippen molar-refractivity contribution in [2.24, 2.45) is 0 Å². The third-order valence-electron chi connectivity index (χ3n) is 2.67. The van der Waals surface area contributed by atoms with E-state index in [1.54, 1.807) is 18.5 Å². The molecular formula is C12H9N3O2. The fourth-order valence-electron chi connectivity index (χ4n) is 1.84. The molecular weight excluding hydrogens is 218 g/mol. The van der Waals surface area contributed by atoms with Crippen LogP contribution in [-0.2, 0) is 4.79 Å². The monoisotopic (exact) mass is 227 g/mol. The second-order valence-corrected chi connectivity index (χ2v) is 3.68. The molecule has 5 nitrogen and oxygen atoms in total. The van der Waals surface area contributed by atoms with E-state index in [9.17, 15) is 4.79 Å². The number of fused-ring (bicyclic) bond motifs is 1. The Morgan fingerprint density at radius 3 is 3.00 bits per heavy atom. The Hall–Kier alpha value is -2.56. The van der Waals surface area contributed by atoms with Gasteiger partial charge in [0.25, 0.3) is 5.91 Å². The van der Waals surface area contributed by atoms with E-state index in [1.165, 1.54) is 0 Å². The number of nitrogens with zero attached hydrogens (tertiary/aromatic N) is 1. The molecule has 0 unspecified atom stereocenters. The summed E-state index contributed by atoms with van der Waals surface area (Å²) >= 11 is 0. The number of carbonyl (C=O) groups is 1. The van der Waals surface area contributed by atoms with Crippen molar-refractivity contribution in [1.29, 1.82) is 0 Å². The zero-order chi connectivity index (χ0) is 11.8. The SMILES string of the molecule is C=C1C(=O)NOc2cccc(-c3cn[nH]c3)c21. The lowest BCUT2D eigenvalue weighted by Gasteiger charge is -2.20. The lowest BCUT2D eigenvalue weighted by molar-refractivity contribution is -0.122. The van der Waals surface area contributed by atoms with Gasteiger partial charge in [-0.25, -0.2) is 0 Å². The van der Waals surface area contributed by atoms with Crippen LogP contribution in [0.4, 0.5) is 0 Å². The topological polar surface area (TPSA) is 67.0 Å². The van der Waals surface area contributed by atoms with E-state index in [-0.39, 0.29) is 5.91 Å². The highest BCUT2D eigenvalue weighted by molar-refractivity contribution is 6.21. The Bertz CT molecular complexity index is 602. The minimum absolute atomic E-state index is 0.326. The van der Waals surface area contributed by atoms with Gasteiger partial charge < -0.3 is 4.84 Å². The number of aromatic amines is 1. The van der Waals surface area contributed by atoms with Crippen LogP contribution in [0.3, 0.4) is 0 Å². The molecule has 0 atom stereocenters. The first-order valence-electron chi connectivity index (χ1n) is 5.06. The molecule has 0 spiro atoms. The van der Waals surface area contributed by atoms with Crippen molar-refractivity contribution in [3.05, 3.63) is 42.7 Å². The predicted molar refractivity (Wildman–Crippen MR) is 61.8 cm³/mol. The van der Waals surface area contributed by atoms with E-state index in [4.69, 9.17) is 4.84 Å². The number of hydrogen-bond donors (Lipinski definition) is 2. The molecule has 0 saturated carbocycles. The molecule has 3 rings (SSSR count). The zero-order valence-electron chi connectivity index (χ0n) is 8.86. The number of amides is 1. The summed E-state index contributed by atoms with van der Waals surface area (Å²) in [6.07, 6.45) is 3.45. The van der Waals surface area contributed by atoms with Crippen LogP contribution in [0.2, 0.25) is 0 Å². The summed E-state index contributed by atoms with van der Waals surface area (Å²) in [7, 11) is 0. The molecule has 1 aromatic heterocycles. The van der Waals surface area contributed by atoms with Crippen LogP contribution in [0, 0.1) is 0 Å². The Morgan fingerprint density at radius 2 is 2.24 bits per heavy atom. The molecule has 17 heavy (non-hydrogen) atoms. The third-order valence-corrected chi connectivity index (χ3v) is 2.67. The van der Waals surface area contributed by atoms with Gasteiger partial charge in [0.15, 0.2) is 5.75 Å². The van der Waals surface area contributed by atoms with Crippen molar-refractivity contribution in [2.75, 3.05) is 0 Å². The first kappa shape index (κ1) is 9.65. The summed E-state index contributed by atoms with van der Waals surface area (Å²) < 4.78 is 0. The number of aromatic nitrogens is 2. The quantitative estimate of drug-likeness (QED) is 0.726. The molecule has 0 bridgehead atoms. The van der Waals surface area contributed by atoms with Gasteiger partial charge in [-0.2, -0.15) is 10.6 Å². The van der Waals surface area contributed by atoms with Crippen LogP contribution in [-0.4, -0.2) is 16.1 Å². The van der Waals surface area contributed by atoms with Crippen LogP contribution >= 0.6 is 0 Å². The maximum atomic E-state index is 11.5. The van der Waals surface area contributed by atoms with Crippen LogP contribution in [0.5, 0.6) is 5.75 Å². The van der Waals surface area contributed by atoms with E-state index in [0.717, 1.165) is 11.1 Å². The first-order chi connectivity index (χ1) is 8.27. The van der Waals surface area contributed by atoms with Crippen molar-refractivity contribution in [3.63, 3.8) is 0 Å². The molecule has 2 heterocycles. The van der Waals surface area contributed by atoms with Crippen LogP contribution in [0.1, 0.15) is 5.56 Å².